The van der Waals surface area contributed by atoms with Gasteiger partial charge in [0.25, 0.3) is 0 Å². The first-order valence-corrected chi connectivity index (χ1v) is 5.08. The Labute approximate surface area is 93.8 Å². The van der Waals surface area contributed by atoms with Crippen molar-refractivity contribution in [3.05, 3.63) is 48.4 Å². The number of nitrogens with two attached hydrogens (primary N) is 1. The predicted octanol–water partition coefficient (Wildman–Crippen LogP) is 1.14. The summed E-state index contributed by atoms with van der Waals surface area (Å²) in [6, 6.07) is 11.6. The van der Waals surface area contributed by atoms with Crippen LogP contribution in [0, 0.1) is 0 Å². The second-order valence-electron chi connectivity index (χ2n) is 3.42. The molecule has 0 amide bonds. The van der Waals surface area contributed by atoms with Gasteiger partial charge in [0.1, 0.15) is 6.10 Å². The lowest BCUT2D eigenvalue weighted by Gasteiger charge is -2.07. The van der Waals surface area contributed by atoms with E-state index in [9.17, 15) is 5.11 Å². The van der Waals surface area contributed by atoms with Gasteiger partial charge in [-0.15, -0.1) is 0 Å². The van der Waals surface area contributed by atoms with E-state index in [4.69, 9.17) is 5.73 Å². The zero-order chi connectivity index (χ0) is 11.4. The third-order valence-electron chi connectivity index (χ3n) is 2.27. The van der Waals surface area contributed by atoms with Gasteiger partial charge in [0.2, 0.25) is 0 Å². The molecule has 2 aromatic rings. The Bertz CT molecular complexity index is 459. The van der Waals surface area contributed by atoms with Gasteiger partial charge >= 0.3 is 0 Å². The van der Waals surface area contributed by atoms with Gasteiger partial charge in [0.05, 0.1) is 5.69 Å². The highest BCUT2D eigenvalue weighted by Crippen LogP contribution is 2.17. The smallest absolute Gasteiger partial charge is 0.158 e. The van der Waals surface area contributed by atoms with Crippen molar-refractivity contribution in [2.45, 2.75) is 6.10 Å². The van der Waals surface area contributed by atoms with Crippen LogP contribution in [0.25, 0.3) is 11.3 Å². The summed E-state index contributed by atoms with van der Waals surface area (Å²) in [5.41, 5.74) is 7.15. The van der Waals surface area contributed by atoms with Crippen molar-refractivity contribution >= 4 is 0 Å². The fourth-order valence-corrected chi connectivity index (χ4v) is 1.41. The lowest BCUT2D eigenvalue weighted by molar-refractivity contribution is 0.176. The van der Waals surface area contributed by atoms with Crippen molar-refractivity contribution < 1.29 is 5.11 Å². The lowest BCUT2D eigenvalue weighted by atomic mass is 10.1. The predicted molar refractivity (Wildman–Crippen MR) is 61.5 cm³/mol. The largest absolute Gasteiger partial charge is 0.384 e. The van der Waals surface area contributed by atoms with Crippen LogP contribution in [-0.4, -0.2) is 21.6 Å². The van der Waals surface area contributed by atoms with Crippen molar-refractivity contribution in [1.82, 2.24) is 9.97 Å². The molecule has 82 valence electrons. The Hall–Kier alpha value is -1.78. The third-order valence-corrected chi connectivity index (χ3v) is 2.27. The molecule has 0 bridgehead atoms. The second kappa shape index (κ2) is 4.83. The minimum absolute atomic E-state index is 0.123. The van der Waals surface area contributed by atoms with Crippen molar-refractivity contribution in [1.29, 1.82) is 0 Å². The highest BCUT2D eigenvalue weighted by molar-refractivity contribution is 5.58. The molecule has 16 heavy (non-hydrogen) atoms. The van der Waals surface area contributed by atoms with Crippen LogP contribution in [0.3, 0.4) is 0 Å². The highest BCUT2D eigenvalue weighted by Gasteiger charge is 2.09. The fourth-order valence-electron chi connectivity index (χ4n) is 1.41. The fraction of sp³-hybridized carbons (Fsp3) is 0.167. The minimum Gasteiger partial charge on any atom is -0.384 e. The first-order valence-electron chi connectivity index (χ1n) is 5.08. The maximum absolute atomic E-state index is 9.55. The quantitative estimate of drug-likeness (QED) is 0.805. The van der Waals surface area contributed by atoms with E-state index in [1.807, 2.05) is 36.4 Å². The average molecular weight is 215 g/mol. The van der Waals surface area contributed by atoms with Crippen LogP contribution in [0.4, 0.5) is 0 Å². The van der Waals surface area contributed by atoms with E-state index in [2.05, 4.69) is 9.97 Å². The Morgan fingerprint density at radius 1 is 1.19 bits per heavy atom. The van der Waals surface area contributed by atoms with E-state index < -0.39 is 6.10 Å². The molecule has 4 nitrogen and oxygen atoms in total. The van der Waals surface area contributed by atoms with Crippen LogP contribution < -0.4 is 5.73 Å². The van der Waals surface area contributed by atoms with Gasteiger partial charge in [-0.1, -0.05) is 30.3 Å². The molecule has 0 fully saturated rings. The number of hydrogen-bond acceptors (Lipinski definition) is 4. The van der Waals surface area contributed by atoms with E-state index >= 15 is 0 Å². The van der Waals surface area contributed by atoms with Crippen LogP contribution >= 0.6 is 0 Å². The van der Waals surface area contributed by atoms with Crippen LogP contribution in [0.1, 0.15) is 11.9 Å². The summed E-state index contributed by atoms with van der Waals surface area (Å²) in [4.78, 5) is 8.27. The first kappa shape index (κ1) is 10.7. The van der Waals surface area contributed by atoms with E-state index in [0.717, 1.165) is 11.3 Å². The zero-order valence-electron chi connectivity index (χ0n) is 8.74. The molecule has 1 aromatic carbocycles. The van der Waals surface area contributed by atoms with Gasteiger partial charge in [-0.25, -0.2) is 9.97 Å². The summed E-state index contributed by atoms with van der Waals surface area (Å²) in [5.74, 6) is 0.365. The molecule has 2 rings (SSSR count). The van der Waals surface area contributed by atoms with E-state index in [1.54, 1.807) is 6.20 Å². The van der Waals surface area contributed by atoms with Crippen LogP contribution in [-0.2, 0) is 0 Å². The van der Waals surface area contributed by atoms with Gasteiger partial charge in [-0.2, -0.15) is 0 Å². The Morgan fingerprint density at radius 3 is 2.62 bits per heavy atom. The van der Waals surface area contributed by atoms with Crippen LogP contribution in [0.15, 0.2) is 42.6 Å². The maximum Gasteiger partial charge on any atom is 0.158 e. The number of aliphatic hydroxyl groups is 1. The summed E-state index contributed by atoms with van der Waals surface area (Å²) < 4.78 is 0. The van der Waals surface area contributed by atoms with E-state index in [1.165, 1.54) is 0 Å². The SMILES string of the molecule is NCC(O)c1nccc(-c2ccccc2)n1. The highest BCUT2D eigenvalue weighted by atomic mass is 16.3. The molecule has 0 saturated heterocycles. The molecule has 1 heterocycles. The van der Waals surface area contributed by atoms with Crippen molar-refractivity contribution in [3.8, 4) is 11.3 Å². The molecule has 0 aliphatic rings. The average Bonchev–Trinajstić information content (AvgIpc) is 2.39. The van der Waals surface area contributed by atoms with Gasteiger partial charge in [0, 0.05) is 18.3 Å². The van der Waals surface area contributed by atoms with Crippen LogP contribution in [0.5, 0.6) is 0 Å². The molecule has 0 aliphatic heterocycles. The molecule has 0 aliphatic carbocycles. The zero-order valence-corrected chi connectivity index (χ0v) is 8.74. The molecule has 0 saturated carbocycles. The topological polar surface area (TPSA) is 72.0 Å². The molecule has 1 unspecified atom stereocenters. The van der Waals surface area contributed by atoms with Gasteiger partial charge in [0.15, 0.2) is 5.82 Å². The molecule has 1 aromatic heterocycles. The Morgan fingerprint density at radius 2 is 1.94 bits per heavy atom. The van der Waals surface area contributed by atoms with Gasteiger partial charge in [-0.3, -0.25) is 0 Å². The van der Waals surface area contributed by atoms with E-state index in [0.29, 0.717) is 5.82 Å². The molecule has 4 heteroatoms. The second-order valence-corrected chi connectivity index (χ2v) is 3.42. The van der Waals surface area contributed by atoms with Crippen molar-refractivity contribution in [3.63, 3.8) is 0 Å². The number of nitrogens with zero attached hydrogens (tertiary/aromatic N) is 2. The summed E-state index contributed by atoms with van der Waals surface area (Å²) in [5, 5.41) is 9.55. The number of aliphatic hydroxyl groups excluding tert-OH is 1. The summed E-state index contributed by atoms with van der Waals surface area (Å²) in [6.07, 6.45) is 0.826. The molecule has 1 atom stereocenters. The van der Waals surface area contributed by atoms with Crippen molar-refractivity contribution in [2.24, 2.45) is 5.73 Å². The number of benzene rings is 1. The molecule has 0 spiro atoms. The standard InChI is InChI=1S/C12H13N3O/c13-8-11(16)12-14-7-6-10(15-12)9-4-2-1-3-5-9/h1-7,11,16H,8,13H2. The van der Waals surface area contributed by atoms with E-state index in [-0.39, 0.29) is 6.54 Å². The molecule has 3 N–H and O–H groups in total. The van der Waals surface area contributed by atoms with Crippen LogP contribution in [0.2, 0.25) is 0 Å². The normalized spacial score (nSPS) is 12.4. The summed E-state index contributed by atoms with van der Waals surface area (Å²) in [6.45, 7) is 0.123. The Balaban J connectivity index is 2.36. The van der Waals surface area contributed by atoms with Crippen molar-refractivity contribution in [2.75, 3.05) is 6.54 Å². The lowest BCUT2D eigenvalue weighted by Crippen LogP contribution is -2.14. The number of aromatic nitrogens is 2. The monoisotopic (exact) mass is 215 g/mol. The minimum atomic E-state index is -0.802. The Kier molecular flexibility index (Phi) is 3.24. The third kappa shape index (κ3) is 2.24. The summed E-state index contributed by atoms with van der Waals surface area (Å²) >= 11 is 0. The van der Waals surface area contributed by atoms with Gasteiger partial charge < -0.3 is 10.8 Å². The van der Waals surface area contributed by atoms with Gasteiger partial charge in [-0.05, 0) is 6.07 Å². The summed E-state index contributed by atoms with van der Waals surface area (Å²) in [7, 11) is 0. The maximum atomic E-state index is 9.55. The first-order chi connectivity index (χ1) is 7.81. The molecule has 0 radical (unpaired) electrons. The number of rotatable bonds is 3. The molecular formula is C12H13N3O. The molecular weight excluding hydrogens is 202 g/mol. The number of hydrogen-bond donors (Lipinski definition) is 2.